The average Bonchev–Trinajstić information content (AvgIpc) is 2.58. The molecule has 0 radical (unpaired) electrons. The molecule has 0 aliphatic heterocycles. The van der Waals surface area contributed by atoms with Crippen LogP contribution >= 0.6 is 0 Å². The van der Waals surface area contributed by atoms with E-state index in [0.29, 0.717) is 11.1 Å². The van der Waals surface area contributed by atoms with Crippen LogP contribution in [0.1, 0.15) is 69.2 Å². The van der Waals surface area contributed by atoms with Gasteiger partial charge in [-0.3, -0.25) is 9.59 Å². The van der Waals surface area contributed by atoms with Crippen molar-refractivity contribution in [3.05, 3.63) is 47.5 Å². The van der Waals surface area contributed by atoms with Crippen LogP contribution < -0.4 is 0 Å². The summed E-state index contributed by atoms with van der Waals surface area (Å²) in [6.45, 7) is 14.1. The van der Waals surface area contributed by atoms with Crippen molar-refractivity contribution in [3.8, 4) is 0 Å². The first-order valence-corrected chi connectivity index (χ1v) is 9.55. The first kappa shape index (κ1) is 20.2. The van der Waals surface area contributed by atoms with E-state index in [1.807, 2.05) is 89.8 Å². The average molecular weight is 354 g/mol. The summed E-state index contributed by atoms with van der Waals surface area (Å²) in [6, 6.07) is 11.7. The molecule has 0 N–H and O–H groups in total. The van der Waals surface area contributed by atoms with E-state index in [4.69, 9.17) is 0 Å². The Morgan fingerprint density at radius 2 is 1.38 bits per heavy atom. The van der Waals surface area contributed by atoms with Crippen LogP contribution in [0.15, 0.2) is 36.4 Å². The van der Waals surface area contributed by atoms with Crippen LogP contribution in [0.5, 0.6) is 0 Å². The Bertz CT molecular complexity index is 797. The summed E-state index contributed by atoms with van der Waals surface area (Å²) in [4.78, 5) is 28.5. The van der Waals surface area contributed by atoms with E-state index in [2.05, 4.69) is 0 Å². The van der Waals surface area contributed by atoms with Crippen LogP contribution in [0.25, 0.3) is 10.8 Å². The molecular formula is C23H31NO2. The monoisotopic (exact) mass is 353 g/mol. The first-order chi connectivity index (χ1) is 12.2. The summed E-state index contributed by atoms with van der Waals surface area (Å²) >= 11 is 0. The summed E-state index contributed by atoms with van der Waals surface area (Å²) in [6.07, 6.45) is 0. The molecular weight excluding hydrogens is 322 g/mol. The van der Waals surface area contributed by atoms with Crippen LogP contribution in [0.4, 0.5) is 0 Å². The maximum absolute atomic E-state index is 13.5. The molecule has 0 spiro atoms. The maximum Gasteiger partial charge on any atom is 0.255 e. The number of amides is 1. The summed E-state index contributed by atoms with van der Waals surface area (Å²) < 4.78 is 0. The largest absolute Gasteiger partial charge is 0.334 e. The lowest BCUT2D eigenvalue weighted by Crippen LogP contribution is -2.42. The van der Waals surface area contributed by atoms with Gasteiger partial charge in [-0.2, -0.15) is 0 Å². The molecule has 3 heteroatoms. The molecule has 0 heterocycles. The molecule has 140 valence electrons. The number of nitrogens with zero attached hydrogens (tertiary/aromatic N) is 1. The van der Waals surface area contributed by atoms with Crippen molar-refractivity contribution < 1.29 is 9.59 Å². The highest BCUT2D eigenvalue weighted by molar-refractivity contribution is 6.16. The van der Waals surface area contributed by atoms with Crippen LogP contribution in [0, 0.1) is 11.8 Å². The standard InChI is InChI=1S/C23H31NO2/c1-14(2)17(7)22(25)20-13-12-18-10-8-9-11-19(18)21(20)23(26)24(15(3)4)16(5)6/h8-17H,1-7H3/t17-/m0/s1. The van der Waals surface area contributed by atoms with Gasteiger partial charge in [0, 0.05) is 23.6 Å². The molecule has 2 aromatic carbocycles. The molecule has 0 aromatic heterocycles. The van der Waals surface area contributed by atoms with Crippen molar-refractivity contribution in [1.29, 1.82) is 0 Å². The molecule has 0 unspecified atom stereocenters. The molecule has 3 nitrogen and oxygen atoms in total. The number of ketones is 1. The number of carbonyl (C=O) groups excluding carboxylic acids is 2. The Morgan fingerprint density at radius 1 is 0.808 bits per heavy atom. The molecule has 1 atom stereocenters. The highest BCUT2D eigenvalue weighted by atomic mass is 16.2. The SMILES string of the molecule is CC(C)[C@H](C)C(=O)c1ccc2ccccc2c1C(=O)N(C(C)C)C(C)C. The second-order valence-electron chi connectivity index (χ2n) is 8.01. The minimum Gasteiger partial charge on any atom is -0.334 e. The van der Waals surface area contributed by atoms with Gasteiger partial charge in [0.2, 0.25) is 0 Å². The molecule has 0 bridgehead atoms. The van der Waals surface area contributed by atoms with Gasteiger partial charge in [-0.1, -0.05) is 51.1 Å². The van der Waals surface area contributed by atoms with Crippen LogP contribution in [-0.4, -0.2) is 28.7 Å². The van der Waals surface area contributed by atoms with Crippen LogP contribution in [0.2, 0.25) is 0 Å². The molecule has 0 aliphatic rings. The van der Waals surface area contributed by atoms with Gasteiger partial charge in [-0.25, -0.2) is 0 Å². The first-order valence-electron chi connectivity index (χ1n) is 9.55. The number of benzene rings is 2. The lowest BCUT2D eigenvalue weighted by molar-refractivity contribution is 0.0640. The Balaban J connectivity index is 2.73. The van der Waals surface area contributed by atoms with Crippen molar-refractivity contribution in [2.45, 2.75) is 60.5 Å². The second-order valence-corrected chi connectivity index (χ2v) is 8.01. The highest BCUT2D eigenvalue weighted by Crippen LogP contribution is 2.28. The van der Waals surface area contributed by atoms with Crippen molar-refractivity contribution >= 4 is 22.5 Å². The maximum atomic E-state index is 13.5. The van der Waals surface area contributed by atoms with Crippen molar-refractivity contribution in [1.82, 2.24) is 4.90 Å². The number of rotatable bonds is 6. The smallest absolute Gasteiger partial charge is 0.255 e. The minimum absolute atomic E-state index is 0.0431. The molecule has 0 saturated heterocycles. The summed E-state index contributed by atoms with van der Waals surface area (Å²) in [7, 11) is 0. The Morgan fingerprint density at radius 3 is 1.92 bits per heavy atom. The molecule has 26 heavy (non-hydrogen) atoms. The molecule has 2 aromatic rings. The van der Waals surface area contributed by atoms with E-state index in [9.17, 15) is 9.59 Å². The Labute approximate surface area is 157 Å². The fourth-order valence-electron chi connectivity index (χ4n) is 3.45. The Kier molecular flexibility index (Phi) is 6.22. The van der Waals surface area contributed by atoms with Crippen molar-refractivity contribution in [2.24, 2.45) is 11.8 Å². The van der Waals surface area contributed by atoms with E-state index in [1.54, 1.807) is 0 Å². The zero-order valence-electron chi connectivity index (χ0n) is 17.0. The lowest BCUT2D eigenvalue weighted by Gasteiger charge is -2.32. The summed E-state index contributed by atoms with van der Waals surface area (Å²) in [5.74, 6) is 0.0742. The van der Waals surface area contributed by atoms with Gasteiger partial charge in [0.25, 0.3) is 5.91 Å². The summed E-state index contributed by atoms with van der Waals surface area (Å²) in [5, 5.41) is 1.84. The third kappa shape index (κ3) is 3.82. The number of hydrogen-bond donors (Lipinski definition) is 0. The summed E-state index contributed by atoms with van der Waals surface area (Å²) in [5.41, 5.74) is 1.09. The second kappa shape index (κ2) is 8.03. The van der Waals surface area contributed by atoms with Gasteiger partial charge in [0.15, 0.2) is 5.78 Å². The lowest BCUT2D eigenvalue weighted by atomic mass is 9.85. The van der Waals surface area contributed by atoms with Gasteiger partial charge in [-0.15, -0.1) is 0 Å². The third-order valence-corrected chi connectivity index (χ3v) is 5.17. The van der Waals surface area contributed by atoms with Crippen LogP contribution in [0.3, 0.4) is 0 Å². The van der Waals surface area contributed by atoms with Crippen LogP contribution in [-0.2, 0) is 0 Å². The van der Waals surface area contributed by atoms with Crippen molar-refractivity contribution in [3.63, 3.8) is 0 Å². The predicted octanol–water partition coefficient (Wildman–Crippen LogP) is 5.57. The minimum atomic E-state index is -0.130. The zero-order valence-corrected chi connectivity index (χ0v) is 17.0. The van der Waals surface area contributed by atoms with E-state index < -0.39 is 0 Å². The van der Waals surface area contributed by atoms with Gasteiger partial charge < -0.3 is 4.90 Å². The zero-order chi connectivity index (χ0) is 19.6. The number of hydrogen-bond acceptors (Lipinski definition) is 2. The Hall–Kier alpha value is -2.16. The van der Waals surface area contributed by atoms with Gasteiger partial charge >= 0.3 is 0 Å². The fourth-order valence-corrected chi connectivity index (χ4v) is 3.45. The molecule has 1 amide bonds. The van der Waals surface area contributed by atoms with E-state index in [1.165, 1.54) is 0 Å². The van der Waals surface area contributed by atoms with Gasteiger partial charge in [0.1, 0.15) is 0 Å². The molecule has 0 fully saturated rings. The van der Waals surface area contributed by atoms with Gasteiger partial charge in [0.05, 0.1) is 5.56 Å². The van der Waals surface area contributed by atoms with E-state index in [0.717, 1.165) is 10.8 Å². The number of fused-ring (bicyclic) bond motifs is 1. The number of carbonyl (C=O) groups is 2. The molecule has 2 rings (SSSR count). The topological polar surface area (TPSA) is 37.4 Å². The fraction of sp³-hybridized carbons (Fsp3) is 0.478. The predicted molar refractivity (Wildman–Crippen MR) is 109 cm³/mol. The highest BCUT2D eigenvalue weighted by Gasteiger charge is 2.29. The quantitative estimate of drug-likeness (QED) is 0.636. The third-order valence-electron chi connectivity index (χ3n) is 5.17. The normalized spacial score (nSPS) is 12.8. The van der Waals surface area contributed by atoms with E-state index >= 15 is 0 Å². The van der Waals surface area contributed by atoms with E-state index in [-0.39, 0.29) is 35.6 Å². The van der Waals surface area contributed by atoms with Crippen molar-refractivity contribution in [2.75, 3.05) is 0 Å². The molecule has 0 saturated carbocycles. The molecule has 0 aliphatic carbocycles. The number of Topliss-reactive ketones (excluding diaryl/α,β-unsaturated/α-hetero) is 1. The van der Waals surface area contributed by atoms with Gasteiger partial charge in [-0.05, 0) is 50.5 Å².